The number of nitrogens with one attached hydrogen (secondary N) is 1. The van der Waals surface area contributed by atoms with Crippen LogP contribution in [0.3, 0.4) is 0 Å². The monoisotopic (exact) mass is 218 g/mol. The van der Waals surface area contributed by atoms with Gasteiger partial charge in [-0.25, -0.2) is 4.98 Å². The average Bonchev–Trinajstić information content (AvgIpc) is 2.59. The van der Waals surface area contributed by atoms with Gasteiger partial charge in [0.05, 0.1) is 0 Å². The maximum Gasteiger partial charge on any atom is 0.221 e. The van der Waals surface area contributed by atoms with Crippen molar-refractivity contribution in [2.45, 2.75) is 26.7 Å². The van der Waals surface area contributed by atoms with Crippen molar-refractivity contribution in [1.29, 1.82) is 0 Å². The summed E-state index contributed by atoms with van der Waals surface area (Å²) in [7, 11) is 0. The zero-order chi connectivity index (χ0) is 11.7. The lowest BCUT2D eigenvalue weighted by Gasteiger charge is -1.99. The minimum Gasteiger partial charge on any atom is -0.440 e. The number of fused-ring (bicyclic) bond motifs is 1. The summed E-state index contributed by atoms with van der Waals surface area (Å²) in [5.74, 6) is 0.888. The van der Waals surface area contributed by atoms with Crippen LogP contribution in [0.4, 0.5) is 5.69 Å². The molecule has 16 heavy (non-hydrogen) atoms. The molecule has 4 nitrogen and oxygen atoms in total. The van der Waals surface area contributed by atoms with E-state index in [0.29, 0.717) is 0 Å². The van der Waals surface area contributed by atoms with E-state index in [0.717, 1.165) is 22.7 Å². The van der Waals surface area contributed by atoms with Gasteiger partial charge in [0.1, 0.15) is 5.52 Å². The molecule has 1 N–H and O–H groups in total. The summed E-state index contributed by atoms with van der Waals surface area (Å²) in [6.45, 7) is 5.53. The summed E-state index contributed by atoms with van der Waals surface area (Å²) in [4.78, 5) is 15.3. The number of oxazole rings is 1. The molecule has 4 heteroatoms. The third kappa shape index (κ3) is 2.05. The summed E-state index contributed by atoms with van der Waals surface area (Å²) in [5.41, 5.74) is 2.26. The Labute approximate surface area is 93.7 Å². The van der Waals surface area contributed by atoms with Crippen LogP contribution in [0.25, 0.3) is 11.1 Å². The molecule has 1 aromatic heterocycles. The molecule has 0 aliphatic rings. The summed E-state index contributed by atoms with van der Waals surface area (Å²) >= 11 is 0. The highest BCUT2D eigenvalue weighted by Gasteiger charge is 2.09. The number of hydrogen-bond acceptors (Lipinski definition) is 3. The molecular formula is C12H14N2O2. The number of amides is 1. The Morgan fingerprint density at radius 3 is 2.81 bits per heavy atom. The molecule has 0 saturated carbocycles. The number of carbonyl (C=O) groups excluding carboxylic acids is 1. The average molecular weight is 218 g/mol. The topological polar surface area (TPSA) is 55.1 Å². The van der Waals surface area contributed by atoms with Gasteiger partial charge in [0.2, 0.25) is 5.91 Å². The summed E-state index contributed by atoms with van der Waals surface area (Å²) in [6.07, 6.45) is 0. The van der Waals surface area contributed by atoms with Gasteiger partial charge < -0.3 is 9.73 Å². The molecule has 0 atom stereocenters. The van der Waals surface area contributed by atoms with Crippen LogP contribution in [0.2, 0.25) is 0 Å². The number of benzene rings is 1. The fourth-order valence-corrected chi connectivity index (χ4v) is 1.47. The van der Waals surface area contributed by atoms with E-state index >= 15 is 0 Å². The van der Waals surface area contributed by atoms with Crippen LogP contribution in [0, 0.1) is 0 Å². The molecule has 2 aromatic rings. The van der Waals surface area contributed by atoms with E-state index in [1.165, 1.54) is 6.92 Å². The van der Waals surface area contributed by atoms with E-state index in [2.05, 4.69) is 10.3 Å². The summed E-state index contributed by atoms with van der Waals surface area (Å²) in [6, 6.07) is 5.44. The first-order valence-corrected chi connectivity index (χ1v) is 5.24. The number of nitrogens with zero attached hydrogens (tertiary/aromatic N) is 1. The van der Waals surface area contributed by atoms with E-state index in [-0.39, 0.29) is 11.8 Å². The van der Waals surface area contributed by atoms with Crippen molar-refractivity contribution in [2.75, 3.05) is 5.32 Å². The second-order valence-electron chi connectivity index (χ2n) is 4.07. The molecule has 84 valence electrons. The molecule has 1 aromatic carbocycles. The van der Waals surface area contributed by atoms with E-state index < -0.39 is 0 Å². The first-order chi connectivity index (χ1) is 7.56. The molecule has 0 radical (unpaired) electrons. The Bertz CT molecular complexity index is 529. The fourth-order valence-electron chi connectivity index (χ4n) is 1.47. The van der Waals surface area contributed by atoms with E-state index in [1.807, 2.05) is 26.0 Å². The predicted molar refractivity (Wildman–Crippen MR) is 62.4 cm³/mol. The maximum atomic E-state index is 10.9. The van der Waals surface area contributed by atoms with Crippen molar-refractivity contribution >= 4 is 22.7 Å². The summed E-state index contributed by atoms with van der Waals surface area (Å²) < 4.78 is 5.57. The maximum absolute atomic E-state index is 10.9. The second-order valence-corrected chi connectivity index (χ2v) is 4.07. The van der Waals surface area contributed by atoms with Gasteiger partial charge >= 0.3 is 0 Å². The van der Waals surface area contributed by atoms with Crippen molar-refractivity contribution in [1.82, 2.24) is 4.98 Å². The first-order valence-electron chi connectivity index (χ1n) is 5.24. The Morgan fingerprint density at radius 2 is 2.19 bits per heavy atom. The number of rotatable bonds is 2. The minimum absolute atomic E-state index is 0.0908. The van der Waals surface area contributed by atoms with Crippen LogP contribution in [0.1, 0.15) is 32.6 Å². The summed E-state index contributed by atoms with van der Waals surface area (Å²) in [5, 5.41) is 2.71. The Kier molecular flexibility index (Phi) is 2.64. The number of hydrogen-bond donors (Lipinski definition) is 1. The molecular weight excluding hydrogens is 204 g/mol. The van der Waals surface area contributed by atoms with Gasteiger partial charge in [-0.1, -0.05) is 13.8 Å². The highest BCUT2D eigenvalue weighted by Crippen LogP contribution is 2.23. The van der Waals surface area contributed by atoms with Gasteiger partial charge in [-0.05, 0) is 18.2 Å². The van der Waals surface area contributed by atoms with Crippen molar-refractivity contribution < 1.29 is 9.21 Å². The lowest BCUT2D eigenvalue weighted by Crippen LogP contribution is -2.05. The predicted octanol–water partition coefficient (Wildman–Crippen LogP) is 2.91. The highest BCUT2D eigenvalue weighted by atomic mass is 16.3. The lowest BCUT2D eigenvalue weighted by molar-refractivity contribution is -0.114. The van der Waals surface area contributed by atoms with Crippen LogP contribution >= 0.6 is 0 Å². The van der Waals surface area contributed by atoms with Crippen LogP contribution < -0.4 is 5.32 Å². The van der Waals surface area contributed by atoms with Gasteiger partial charge in [0, 0.05) is 18.5 Å². The molecule has 0 spiro atoms. The van der Waals surface area contributed by atoms with Crippen molar-refractivity contribution in [3.05, 3.63) is 24.1 Å². The molecule has 1 amide bonds. The van der Waals surface area contributed by atoms with Gasteiger partial charge in [0.25, 0.3) is 0 Å². The third-order valence-electron chi connectivity index (χ3n) is 2.22. The zero-order valence-corrected chi connectivity index (χ0v) is 9.57. The van der Waals surface area contributed by atoms with Gasteiger partial charge in [-0.2, -0.15) is 0 Å². The van der Waals surface area contributed by atoms with Crippen molar-refractivity contribution in [3.63, 3.8) is 0 Å². The lowest BCUT2D eigenvalue weighted by atomic mass is 10.2. The molecule has 0 bridgehead atoms. The quantitative estimate of drug-likeness (QED) is 0.843. The molecule has 2 rings (SSSR count). The van der Waals surface area contributed by atoms with Crippen molar-refractivity contribution in [2.24, 2.45) is 0 Å². The molecule has 0 saturated heterocycles. The van der Waals surface area contributed by atoms with Crippen LogP contribution in [-0.2, 0) is 4.79 Å². The van der Waals surface area contributed by atoms with E-state index in [9.17, 15) is 4.79 Å². The van der Waals surface area contributed by atoms with Gasteiger partial charge in [0.15, 0.2) is 11.5 Å². The largest absolute Gasteiger partial charge is 0.440 e. The zero-order valence-electron chi connectivity index (χ0n) is 9.57. The molecule has 0 aliphatic carbocycles. The molecule has 0 unspecified atom stereocenters. The van der Waals surface area contributed by atoms with Crippen LogP contribution in [0.5, 0.6) is 0 Å². The highest BCUT2D eigenvalue weighted by molar-refractivity contribution is 5.91. The normalized spacial score (nSPS) is 11.0. The fraction of sp³-hybridized carbons (Fsp3) is 0.333. The van der Waals surface area contributed by atoms with Gasteiger partial charge in [-0.3, -0.25) is 4.79 Å². The standard InChI is InChI=1S/C12H14N2O2/c1-7(2)12-14-10-6-9(13-8(3)15)4-5-11(10)16-12/h4-7H,1-3H3,(H,13,15). The van der Waals surface area contributed by atoms with Gasteiger partial charge in [-0.15, -0.1) is 0 Å². The van der Waals surface area contributed by atoms with Crippen molar-refractivity contribution in [3.8, 4) is 0 Å². The Morgan fingerprint density at radius 1 is 1.44 bits per heavy atom. The van der Waals surface area contributed by atoms with E-state index in [4.69, 9.17) is 4.42 Å². The minimum atomic E-state index is -0.0908. The SMILES string of the molecule is CC(=O)Nc1ccc2oc(C(C)C)nc2c1. The van der Waals surface area contributed by atoms with Crippen LogP contribution in [0.15, 0.2) is 22.6 Å². The first kappa shape index (κ1) is 10.7. The molecule has 1 heterocycles. The Balaban J connectivity index is 2.41. The molecule has 0 aliphatic heterocycles. The second kappa shape index (κ2) is 3.96. The number of anilines is 1. The smallest absolute Gasteiger partial charge is 0.221 e. The Hall–Kier alpha value is -1.84. The van der Waals surface area contributed by atoms with Crippen LogP contribution in [-0.4, -0.2) is 10.9 Å². The van der Waals surface area contributed by atoms with E-state index in [1.54, 1.807) is 6.07 Å². The molecule has 0 fully saturated rings. The third-order valence-corrected chi connectivity index (χ3v) is 2.22. The number of carbonyl (C=O) groups is 1. The number of aromatic nitrogens is 1.